The first kappa shape index (κ1) is 14.3. The van der Waals surface area contributed by atoms with Crippen LogP contribution in [0.2, 0.25) is 5.02 Å². The van der Waals surface area contributed by atoms with Gasteiger partial charge in [-0.05, 0) is 12.1 Å². The second kappa shape index (κ2) is 5.12. The molecule has 5 nitrogen and oxygen atoms in total. The molecule has 0 aliphatic heterocycles. The summed E-state index contributed by atoms with van der Waals surface area (Å²) >= 11 is 5.83. The maximum absolute atomic E-state index is 12.9. The zero-order valence-electron chi connectivity index (χ0n) is 9.86. The molecule has 0 atom stereocenters. The van der Waals surface area contributed by atoms with Crippen molar-refractivity contribution in [2.45, 2.75) is 12.7 Å². The van der Waals surface area contributed by atoms with Crippen LogP contribution in [-0.2, 0) is 12.7 Å². The maximum atomic E-state index is 12.9. The Bertz CT molecular complexity index is 653. The normalized spacial score (nSPS) is 11.6. The predicted molar refractivity (Wildman–Crippen MR) is 64.1 cm³/mol. The highest BCUT2D eigenvalue weighted by Crippen LogP contribution is 2.30. The molecule has 2 N–H and O–H groups in total. The summed E-state index contributed by atoms with van der Waals surface area (Å²) in [6, 6.07) is 3.64. The van der Waals surface area contributed by atoms with Crippen molar-refractivity contribution in [1.82, 2.24) is 14.8 Å². The van der Waals surface area contributed by atoms with Gasteiger partial charge in [0, 0.05) is 12.3 Å². The molecule has 0 saturated heterocycles. The first-order valence-electron chi connectivity index (χ1n) is 5.33. The lowest BCUT2D eigenvalue weighted by Gasteiger charge is -2.10. The Kier molecular flexibility index (Phi) is 3.67. The summed E-state index contributed by atoms with van der Waals surface area (Å²) in [4.78, 5) is 14.8. The fraction of sp³-hybridized carbons (Fsp3) is 0.182. The third kappa shape index (κ3) is 2.90. The van der Waals surface area contributed by atoms with Crippen molar-refractivity contribution in [2.75, 3.05) is 0 Å². The molecule has 0 fully saturated rings. The van der Waals surface area contributed by atoms with Crippen LogP contribution in [0.15, 0.2) is 24.4 Å². The highest BCUT2D eigenvalue weighted by atomic mass is 35.5. The minimum Gasteiger partial charge on any atom is -0.364 e. The Balaban J connectivity index is 2.45. The van der Waals surface area contributed by atoms with E-state index in [9.17, 15) is 18.0 Å². The van der Waals surface area contributed by atoms with Gasteiger partial charge >= 0.3 is 6.18 Å². The summed E-state index contributed by atoms with van der Waals surface area (Å²) in [5, 5.41) is 3.74. The van der Waals surface area contributed by atoms with Crippen LogP contribution in [0.1, 0.15) is 21.9 Å². The number of carbonyl (C=O) groups is 1. The van der Waals surface area contributed by atoms with Crippen LogP contribution < -0.4 is 5.73 Å². The fourth-order valence-corrected chi connectivity index (χ4v) is 1.74. The van der Waals surface area contributed by atoms with E-state index in [0.717, 1.165) is 0 Å². The number of hydrogen-bond donors (Lipinski definition) is 1. The van der Waals surface area contributed by atoms with Gasteiger partial charge in [0.15, 0.2) is 5.69 Å². The summed E-state index contributed by atoms with van der Waals surface area (Å²) < 4.78 is 39.2. The average Bonchev–Trinajstić information content (AvgIpc) is 2.76. The number of aromatic nitrogens is 3. The van der Waals surface area contributed by atoms with Crippen LogP contribution >= 0.6 is 11.6 Å². The molecule has 0 aromatic carbocycles. The molecule has 0 saturated carbocycles. The van der Waals surface area contributed by atoms with E-state index >= 15 is 0 Å². The monoisotopic (exact) mass is 304 g/mol. The van der Waals surface area contributed by atoms with Crippen molar-refractivity contribution in [3.05, 3.63) is 46.5 Å². The molecule has 2 aromatic rings. The highest BCUT2D eigenvalue weighted by Gasteiger charge is 2.36. The molecular formula is C11H8ClF3N4O. The predicted octanol–water partition coefficient (Wildman–Crippen LogP) is 2.10. The van der Waals surface area contributed by atoms with Crippen molar-refractivity contribution < 1.29 is 18.0 Å². The Morgan fingerprint density at radius 2 is 2.15 bits per heavy atom. The molecule has 0 spiro atoms. The van der Waals surface area contributed by atoms with Gasteiger partial charge < -0.3 is 5.73 Å². The van der Waals surface area contributed by atoms with Crippen LogP contribution in [0.25, 0.3) is 0 Å². The van der Waals surface area contributed by atoms with Gasteiger partial charge in [0.25, 0.3) is 5.91 Å². The van der Waals surface area contributed by atoms with Crippen molar-refractivity contribution >= 4 is 17.5 Å². The zero-order valence-corrected chi connectivity index (χ0v) is 10.6. The molecule has 0 unspecified atom stereocenters. The van der Waals surface area contributed by atoms with Gasteiger partial charge in [0.2, 0.25) is 0 Å². The second-order valence-corrected chi connectivity index (χ2v) is 4.27. The van der Waals surface area contributed by atoms with Gasteiger partial charge in [-0.25, -0.2) is 0 Å². The van der Waals surface area contributed by atoms with E-state index in [1.165, 1.54) is 12.3 Å². The van der Waals surface area contributed by atoms with Crippen LogP contribution in [0, 0.1) is 0 Å². The van der Waals surface area contributed by atoms with Gasteiger partial charge in [-0.1, -0.05) is 11.6 Å². The van der Waals surface area contributed by atoms with E-state index in [1.54, 1.807) is 6.07 Å². The molecule has 2 aromatic heterocycles. The maximum Gasteiger partial charge on any atom is 0.433 e. The van der Waals surface area contributed by atoms with E-state index in [-0.39, 0.29) is 17.3 Å². The summed E-state index contributed by atoms with van der Waals surface area (Å²) in [7, 11) is 0. The number of alkyl halides is 3. The number of hydrogen-bond acceptors (Lipinski definition) is 3. The Labute approximate surface area is 116 Å². The number of amides is 1. The van der Waals surface area contributed by atoms with Crippen molar-refractivity contribution in [3.63, 3.8) is 0 Å². The SMILES string of the molecule is NC(=O)c1cc(C(F)(F)F)n(Cc2ncccc2Cl)n1. The molecule has 20 heavy (non-hydrogen) atoms. The van der Waals surface area contributed by atoms with E-state index < -0.39 is 23.5 Å². The zero-order chi connectivity index (χ0) is 14.9. The molecule has 0 radical (unpaired) electrons. The average molecular weight is 305 g/mol. The van der Waals surface area contributed by atoms with Crippen molar-refractivity contribution in [3.8, 4) is 0 Å². The first-order valence-corrected chi connectivity index (χ1v) is 5.71. The lowest BCUT2D eigenvalue weighted by Crippen LogP contribution is -2.16. The number of carbonyl (C=O) groups excluding carboxylic acids is 1. The van der Waals surface area contributed by atoms with Gasteiger partial charge in [-0.2, -0.15) is 18.3 Å². The Hall–Kier alpha value is -2.09. The lowest BCUT2D eigenvalue weighted by molar-refractivity contribution is -0.144. The van der Waals surface area contributed by atoms with Crippen molar-refractivity contribution in [2.24, 2.45) is 5.73 Å². The summed E-state index contributed by atoms with van der Waals surface area (Å²) in [5.41, 5.74) is 3.59. The number of pyridine rings is 1. The number of primary amides is 1. The lowest BCUT2D eigenvalue weighted by atomic mass is 10.3. The molecule has 1 amide bonds. The van der Waals surface area contributed by atoms with E-state index in [1.807, 2.05) is 0 Å². The molecule has 0 aliphatic carbocycles. The third-order valence-corrected chi connectivity index (χ3v) is 2.80. The number of nitrogens with two attached hydrogens (primary N) is 1. The largest absolute Gasteiger partial charge is 0.433 e. The highest BCUT2D eigenvalue weighted by molar-refractivity contribution is 6.31. The molecule has 106 valence electrons. The van der Waals surface area contributed by atoms with Gasteiger partial charge in [-0.3, -0.25) is 14.5 Å². The number of halogens is 4. The number of nitrogens with zero attached hydrogens (tertiary/aromatic N) is 3. The fourth-order valence-electron chi connectivity index (χ4n) is 1.56. The topological polar surface area (TPSA) is 73.8 Å². The molecule has 0 bridgehead atoms. The van der Waals surface area contributed by atoms with E-state index in [4.69, 9.17) is 17.3 Å². The van der Waals surface area contributed by atoms with Gasteiger partial charge in [0.05, 0.1) is 17.3 Å². The van der Waals surface area contributed by atoms with E-state index in [2.05, 4.69) is 10.1 Å². The Morgan fingerprint density at radius 1 is 1.45 bits per heavy atom. The van der Waals surface area contributed by atoms with Gasteiger partial charge in [-0.15, -0.1) is 0 Å². The Morgan fingerprint density at radius 3 is 2.70 bits per heavy atom. The standard InChI is InChI=1S/C11H8ClF3N4O/c12-6-2-1-3-17-8(6)5-19-9(11(13,14)15)4-7(18-19)10(16)20/h1-4H,5H2,(H2,16,20). The molecular weight excluding hydrogens is 297 g/mol. The first-order chi connectivity index (χ1) is 9.29. The quantitative estimate of drug-likeness (QED) is 0.943. The van der Waals surface area contributed by atoms with Crippen LogP contribution in [-0.4, -0.2) is 20.7 Å². The molecule has 0 aliphatic rings. The summed E-state index contributed by atoms with van der Waals surface area (Å²) in [6.45, 7) is -0.318. The van der Waals surface area contributed by atoms with Gasteiger partial charge in [0.1, 0.15) is 5.69 Å². The van der Waals surface area contributed by atoms with Crippen LogP contribution in [0.4, 0.5) is 13.2 Å². The van der Waals surface area contributed by atoms with E-state index in [0.29, 0.717) is 10.7 Å². The minimum absolute atomic E-state index is 0.205. The van der Waals surface area contributed by atoms with Crippen LogP contribution in [0.5, 0.6) is 0 Å². The summed E-state index contributed by atoms with van der Waals surface area (Å²) in [5.74, 6) is -1.04. The molecule has 2 heterocycles. The minimum atomic E-state index is -4.66. The third-order valence-electron chi connectivity index (χ3n) is 2.46. The second-order valence-electron chi connectivity index (χ2n) is 3.87. The smallest absolute Gasteiger partial charge is 0.364 e. The molecule has 9 heteroatoms. The van der Waals surface area contributed by atoms with Crippen LogP contribution in [0.3, 0.4) is 0 Å². The molecule has 2 rings (SSSR count). The summed E-state index contributed by atoms with van der Waals surface area (Å²) in [6.07, 6.45) is -3.27. The van der Waals surface area contributed by atoms with Crippen molar-refractivity contribution in [1.29, 1.82) is 0 Å². The number of rotatable bonds is 3.